The lowest BCUT2D eigenvalue weighted by Gasteiger charge is -2.20. The Kier molecular flexibility index (Phi) is 5.67. The lowest BCUT2D eigenvalue weighted by molar-refractivity contribution is -0.144. The van der Waals surface area contributed by atoms with Crippen LogP contribution in [0.4, 0.5) is 13.2 Å². The van der Waals surface area contributed by atoms with Gasteiger partial charge < -0.3 is 0 Å². The number of carbonyl (C=O) groups excluding carboxylic acids is 1. The summed E-state index contributed by atoms with van der Waals surface area (Å²) in [5.41, 5.74) is 0.373. The van der Waals surface area contributed by atoms with E-state index in [9.17, 15) is 22.8 Å². The molecule has 0 spiro atoms. The fraction of sp³-hybridized carbons (Fsp3) is 0.444. The van der Waals surface area contributed by atoms with Gasteiger partial charge in [0.2, 0.25) is 5.78 Å². The minimum absolute atomic E-state index is 0.0174. The molecule has 152 valence electrons. The van der Waals surface area contributed by atoms with Crippen molar-refractivity contribution >= 4 is 29.0 Å². The van der Waals surface area contributed by atoms with Crippen molar-refractivity contribution < 1.29 is 18.0 Å². The Balaban J connectivity index is 1.98. The number of nitrogens with one attached hydrogen (secondary N) is 1. The van der Waals surface area contributed by atoms with Crippen LogP contribution in [0.2, 0.25) is 10.0 Å². The van der Waals surface area contributed by atoms with Crippen LogP contribution in [0.3, 0.4) is 0 Å². The van der Waals surface area contributed by atoms with E-state index in [1.807, 2.05) is 0 Å². The Morgan fingerprint density at radius 3 is 2.54 bits per heavy atom. The summed E-state index contributed by atoms with van der Waals surface area (Å²) in [5, 5.41) is 3.02. The Labute approximate surface area is 169 Å². The third kappa shape index (κ3) is 4.29. The molecule has 0 unspecified atom stereocenters. The average Bonchev–Trinajstić information content (AvgIpc) is 3.36. The van der Waals surface area contributed by atoms with Crippen molar-refractivity contribution in [1.82, 2.24) is 14.7 Å². The average molecular weight is 436 g/mol. The van der Waals surface area contributed by atoms with Gasteiger partial charge in [-0.2, -0.15) is 13.2 Å². The van der Waals surface area contributed by atoms with Crippen LogP contribution in [0.25, 0.3) is 0 Å². The Morgan fingerprint density at radius 2 is 1.96 bits per heavy atom. The normalized spacial score (nSPS) is 14.7. The zero-order valence-electron chi connectivity index (χ0n) is 15.2. The zero-order chi connectivity index (χ0) is 20.8. The number of hydrogen-bond acceptors (Lipinski definition) is 3. The van der Waals surface area contributed by atoms with E-state index >= 15 is 0 Å². The maximum Gasteiger partial charge on any atom is 0.401 e. The number of alkyl halides is 3. The molecule has 1 aliphatic carbocycles. The van der Waals surface area contributed by atoms with Gasteiger partial charge in [-0.05, 0) is 32.0 Å². The molecule has 3 rings (SSSR count). The number of aromatic amines is 1. The molecule has 1 aromatic heterocycles. The van der Waals surface area contributed by atoms with Crippen molar-refractivity contribution in [3.63, 3.8) is 0 Å². The quantitative estimate of drug-likeness (QED) is 0.694. The van der Waals surface area contributed by atoms with Crippen molar-refractivity contribution in [1.29, 1.82) is 0 Å². The first-order valence-electron chi connectivity index (χ1n) is 8.55. The van der Waals surface area contributed by atoms with E-state index < -0.39 is 24.1 Å². The summed E-state index contributed by atoms with van der Waals surface area (Å²) in [7, 11) is 2.80. The topological polar surface area (TPSA) is 58.1 Å². The molecular weight excluding hydrogens is 418 g/mol. The van der Waals surface area contributed by atoms with E-state index in [4.69, 9.17) is 23.2 Å². The first kappa shape index (κ1) is 21.0. The van der Waals surface area contributed by atoms with Gasteiger partial charge in [-0.1, -0.05) is 23.2 Å². The molecule has 0 bridgehead atoms. The second-order valence-electron chi connectivity index (χ2n) is 7.04. The van der Waals surface area contributed by atoms with E-state index in [-0.39, 0.29) is 39.2 Å². The molecule has 0 saturated heterocycles. The summed E-state index contributed by atoms with van der Waals surface area (Å²) in [6.45, 7) is -1.35. The lowest BCUT2D eigenvalue weighted by atomic mass is 9.99. The first-order valence-corrected chi connectivity index (χ1v) is 9.31. The van der Waals surface area contributed by atoms with Crippen LogP contribution >= 0.6 is 23.2 Å². The molecular formula is C18H18Cl2F3N3O2. The number of carbonyl (C=O) groups is 1. The predicted octanol–water partition coefficient (Wildman–Crippen LogP) is 4.12. The summed E-state index contributed by atoms with van der Waals surface area (Å²) in [4.78, 5) is 26.5. The van der Waals surface area contributed by atoms with Gasteiger partial charge in [0.15, 0.2) is 0 Å². The van der Waals surface area contributed by atoms with Crippen molar-refractivity contribution in [2.75, 3.05) is 13.6 Å². The Hall–Kier alpha value is -1.77. The second-order valence-corrected chi connectivity index (χ2v) is 7.83. The van der Waals surface area contributed by atoms with Gasteiger partial charge in [-0.15, -0.1) is 0 Å². The molecule has 1 aromatic carbocycles. The molecule has 28 heavy (non-hydrogen) atoms. The van der Waals surface area contributed by atoms with E-state index in [0.717, 1.165) is 17.7 Å². The van der Waals surface area contributed by atoms with E-state index in [1.165, 1.54) is 30.9 Å². The van der Waals surface area contributed by atoms with Crippen LogP contribution in [0, 0.1) is 0 Å². The van der Waals surface area contributed by atoms with Crippen LogP contribution < -0.4 is 5.56 Å². The number of nitrogens with zero attached hydrogens (tertiary/aromatic N) is 2. The molecule has 0 aliphatic heterocycles. The SMILES string of the molecule is CN(Cc1c(Cl)ccc(C(=O)c2c(C3CC3)[nH]n(C)c2=O)c1Cl)CC(F)(F)F. The number of ketones is 1. The first-order chi connectivity index (χ1) is 13.0. The number of hydrogen-bond donors (Lipinski definition) is 1. The third-order valence-corrected chi connectivity index (χ3v) is 5.38. The standard InChI is InChI=1S/C18H18Cl2F3N3O2/c1-25(8-18(21,22)23)7-11-12(19)6-5-10(14(11)20)16(27)13-15(9-3-4-9)24-26(2)17(13)28/h5-6,9,24H,3-4,7-8H2,1-2H3. The summed E-state index contributed by atoms with van der Waals surface area (Å²) in [6, 6.07) is 2.80. The largest absolute Gasteiger partial charge is 0.401 e. The molecule has 1 heterocycles. The number of H-pyrrole nitrogens is 1. The number of rotatable bonds is 6. The summed E-state index contributed by atoms with van der Waals surface area (Å²) < 4.78 is 39.1. The summed E-state index contributed by atoms with van der Waals surface area (Å²) in [6.07, 6.45) is -2.62. The molecule has 1 N–H and O–H groups in total. The van der Waals surface area contributed by atoms with Crippen LogP contribution in [-0.4, -0.2) is 40.2 Å². The summed E-state index contributed by atoms with van der Waals surface area (Å²) >= 11 is 12.5. The van der Waals surface area contributed by atoms with E-state index in [0.29, 0.717) is 5.69 Å². The van der Waals surface area contributed by atoms with Crippen molar-refractivity contribution in [2.24, 2.45) is 7.05 Å². The molecule has 0 radical (unpaired) electrons. The highest BCUT2D eigenvalue weighted by molar-refractivity contribution is 6.38. The Bertz CT molecular complexity index is 978. The maximum atomic E-state index is 13.1. The van der Waals surface area contributed by atoms with Crippen LogP contribution in [0.15, 0.2) is 16.9 Å². The van der Waals surface area contributed by atoms with Crippen LogP contribution in [-0.2, 0) is 13.6 Å². The molecule has 1 aliphatic rings. The highest BCUT2D eigenvalue weighted by atomic mass is 35.5. The van der Waals surface area contributed by atoms with Gasteiger partial charge in [-0.3, -0.25) is 24.3 Å². The molecule has 10 heteroatoms. The minimum atomic E-state index is -4.38. The van der Waals surface area contributed by atoms with Gasteiger partial charge in [0.25, 0.3) is 5.56 Å². The number of aromatic nitrogens is 2. The third-order valence-electron chi connectivity index (χ3n) is 4.60. The molecule has 1 fully saturated rings. The molecule has 0 amide bonds. The van der Waals surface area contributed by atoms with Gasteiger partial charge >= 0.3 is 6.18 Å². The van der Waals surface area contributed by atoms with Gasteiger partial charge in [0.1, 0.15) is 5.56 Å². The molecule has 1 saturated carbocycles. The maximum absolute atomic E-state index is 13.1. The van der Waals surface area contributed by atoms with Crippen LogP contribution in [0.1, 0.15) is 45.9 Å². The van der Waals surface area contributed by atoms with Crippen molar-refractivity contribution in [2.45, 2.75) is 31.5 Å². The lowest BCUT2D eigenvalue weighted by Crippen LogP contribution is -2.30. The number of benzene rings is 1. The predicted molar refractivity (Wildman–Crippen MR) is 100 cm³/mol. The van der Waals surface area contributed by atoms with E-state index in [1.54, 1.807) is 0 Å². The van der Waals surface area contributed by atoms with Gasteiger partial charge in [0, 0.05) is 35.7 Å². The highest BCUT2D eigenvalue weighted by Gasteiger charge is 2.34. The fourth-order valence-corrected chi connectivity index (χ4v) is 3.72. The van der Waals surface area contributed by atoms with Crippen molar-refractivity contribution in [3.05, 3.63) is 54.9 Å². The van der Waals surface area contributed by atoms with Crippen LogP contribution in [0.5, 0.6) is 0 Å². The molecule has 5 nitrogen and oxygen atoms in total. The molecule has 0 atom stereocenters. The highest BCUT2D eigenvalue weighted by Crippen LogP contribution is 2.41. The second kappa shape index (κ2) is 7.57. The van der Waals surface area contributed by atoms with Crippen molar-refractivity contribution in [3.8, 4) is 0 Å². The van der Waals surface area contributed by atoms with Gasteiger partial charge in [-0.25, -0.2) is 0 Å². The monoisotopic (exact) mass is 435 g/mol. The smallest absolute Gasteiger partial charge is 0.299 e. The number of aryl methyl sites for hydroxylation is 1. The Morgan fingerprint density at radius 1 is 1.32 bits per heavy atom. The van der Waals surface area contributed by atoms with Gasteiger partial charge in [0.05, 0.1) is 17.3 Å². The fourth-order valence-electron chi connectivity index (χ4n) is 3.14. The van der Waals surface area contributed by atoms with E-state index in [2.05, 4.69) is 5.10 Å². The number of halogens is 5. The minimum Gasteiger partial charge on any atom is -0.299 e. The zero-order valence-corrected chi connectivity index (χ0v) is 16.7. The molecule has 2 aromatic rings. The summed E-state index contributed by atoms with van der Waals surface area (Å²) in [5.74, 6) is -0.443.